The van der Waals surface area contributed by atoms with Gasteiger partial charge in [0.1, 0.15) is 6.23 Å². The van der Waals surface area contributed by atoms with E-state index in [2.05, 4.69) is 5.32 Å². The Balaban J connectivity index is 1.96. The van der Waals surface area contributed by atoms with Crippen molar-refractivity contribution in [3.63, 3.8) is 0 Å². The van der Waals surface area contributed by atoms with Gasteiger partial charge in [-0.3, -0.25) is 4.90 Å². The van der Waals surface area contributed by atoms with E-state index in [0.29, 0.717) is 39.3 Å². The van der Waals surface area contributed by atoms with Crippen molar-refractivity contribution in [2.24, 2.45) is 0 Å². The third-order valence-corrected chi connectivity index (χ3v) is 2.57. The minimum atomic E-state index is -0.185. The van der Waals surface area contributed by atoms with E-state index in [0.717, 1.165) is 6.42 Å². The van der Waals surface area contributed by atoms with Crippen molar-refractivity contribution in [1.82, 2.24) is 10.2 Å². The molecule has 1 aliphatic heterocycles. The van der Waals surface area contributed by atoms with Gasteiger partial charge in [0.25, 0.3) is 0 Å². The third kappa shape index (κ3) is 5.34. The quantitative estimate of drug-likeness (QED) is 0.569. The first-order valence-electron chi connectivity index (χ1n) is 6.10. The summed E-state index contributed by atoms with van der Waals surface area (Å²) >= 11 is 0. The monoisotopic (exact) mass is 246 g/mol. The molecule has 0 aromatic heterocycles. The highest BCUT2D eigenvalue weighted by atomic mass is 16.5. The largest absolute Gasteiger partial charge is 0.396 e. The highest BCUT2D eigenvalue weighted by Crippen LogP contribution is 2.05. The Morgan fingerprint density at radius 1 is 1.41 bits per heavy atom. The Bertz CT molecular complexity index is 226. The number of aliphatic hydroxyl groups excluding tert-OH is 1. The molecule has 6 heteroatoms. The lowest BCUT2D eigenvalue weighted by atomic mass is 10.4. The van der Waals surface area contributed by atoms with Crippen LogP contribution < -0.4 is 5.32 Å². The summed E-state index contributed by atoms with van der Waals surface area (Å²) in [4.78, 5) is 13.0. The van der Waals surface area contributed by atoms with Crippen molar-refractivity contribution in [2.75, 3.05) is 39.5 Å². The second-order valence-electron chi connectivity index (χ2n) is 3.94. The molecule has 1 aliphatic rings. The summed E-state index contributed by atoms with van der Waals surface area (Å²) in [6.45, 7) is 5.21. The summed E-state index contributed by atoms with van der Waals surface area (Å²) in [5.74, 6) is 0. The predicted molar refractivity (Wildman–Crippen MR) is 62.7 cm³/mol. The molecule has 0 radical (unpaired) electrons. The number of nitrogens with one attached hydrogen (secondary N) is 1. The average Bonchev–Trinajstić information content (AvgIpc) is 2.74. The van der Waals surface area contributed by atoms with E-state index in [1.807, 2.05) is 6.92 Å². The van der Waals surface area contributed by atoms with Gasteiger partial charge in [-0.05, 0) is 19.8 Å². The van der Waals surface area contributed by atoms with Crippen molar-refractivity contribution in [3.05, 3.63) is 0 Å². The number of ether oxygens (including phenoxy) is 2. The molecule has 1 rings (SSSR count). The lowest BCUT2D eigenvalue weighted by molar-refractivity contribution is -0.0255. The number of aliphatic hydroxyl groups is 1. The van der Waals surface area contributed by atoms with Crippen LogP contribution in [0, 0.1) is 0 Å². The lowest BCUT2D eigenvalue weighted by Gasteiger charge is -2.23. The van der Waals surface area contributed by atoms with E-state index in [-0.39, 0.29) is 18.9 Å². The van der Waals surface area contributed by atoms with Gasteiger partial charge in [-0.2, -0.15) is 0 Å². The highest BCUT2D eigenvalue weighted by Gasteiger charge is 2.24. The minimum Gasteiger partial charge on any atom is -0.396 e. The predicted octanol–water partition coefficient (Wildman–Crippen LogP) is 0.163. The van der Waals surface area contributed by atoms with Gasteiger partial charge in [-0.25, -0.2) is 4.79 Å². The number of amides is 2. The molecule has 1 fully saturated rings. The first-order valence-corrected chi connectivity index (χ1v) is 6.10. The molecule has 17 heavy (non-hydrogen) atoms. The van der Waals surface area contributed by atoms with Crippen molar-refractivity contribution < 1.29 is 19.4 Å². The van der Waals surface area contributed by atoms with Crippen LogP contribution in [0.15, 0.2) is 0 Å². The number of carbonyl (C=O) groups is 1. The van der Waals surface area contributed by atoms with Gasteiger partial charge in [0.2, 0.25) is 0 Å². The topological polar surface area (TPSA) is 71.0 Å². The van der Waals surface area contributed by atoms with Crippen LogP contribution in [0.4, 0.5) is 4.79 Å². The smallest absolute Gasteiger partial charge is 0.319 e. The maximum Gasteiger partial charge on any atom is 0.319 e. The first-order chi connectivity index (χ1) is 8.25. The zero-order valence-corrected chi connectivity index (χ0v) is 10.4. The summed E-state index contributed by atoms with van der Waals surface area (Å²) in [7, 11) is 0. The number of urea groups is 1. The first kappa shape index (κ1) is 14.2. The molecule has 1 saturated heterocycles. The third-order valence-electron chi connectivity index (χ3n) is 2.57. The Morgan fingerprint density at radius 2 is 2.18 bits per heavy atom. The molecular weight excluding hydrogens is 224 g/mol. The highest BCUT2D eigenvalue weighted by molar-refractivity contribution is 5.76. The number of hydrogen-bond donors (Lipinski definition) is 2. The molecule has 0 saturated carbocycles. The zero-order valence-electron chi connectivity index (χ0n) is 10.4. The zero-order chi connectivity index (χ0) is 12.5. The average molecular weight is 246 g/mol. The normalized spacial score (nSPS) is 17.3. The van der Waals surface area contributed by atoms with E-state index in [1.54, 1.807) is 4.90 Å². The molecule has 1 atom stereocenters. The molecule has 100 valence electrons. The molecule has 0 bridgehead atoms. The van der Waals surface area contributed by atoms with Crippen LogP contribution in [-0.2, 0) is 9.47 Å². The molecule has 0 aromatic carbocycles. The SMILES string of the molecule is CC(OCCCOCCCO)N1CCNC1=O. The standard InChI is InChI=1S/C11H22N2O4/c1-10(13-5-4-12-11(13)15)17-9-3-8-16-7-2-6-14/h10,14H,2-9H2,1H3,(H,12,15). The molecule has 1 unspecified atom stereocenters. The Morgan fingerprint density at radius 3 is 2.82 bits per heavy atom. The molecular formula is C11H22N2O4. The fraction of sp³-hybridized carbons (Fsp3) is 0.909. The van der Waals surface area contributed by atoms with Crippen molar-refractivity contribution in [1.29, 1.82) is 0 Å². The number of rotatable bonds is 9. The van der Waals surface area contributed by atoms with E-state index >= 15 is 0 Å². The molecule has 6 nitrogen and oxygen atoms in total. The maximum absolute atomic E-state index is 11.3. The number of hydrogen-bond acceptors (Lipinski definition) is 4. The molecule has 2 amide bonds. The fourth-order valence-electron chi connectivity index (χ4n) is 1.61. The summed E-state index contributed by atoms with van der Waals surface area (Å²) < 4.78 is 10.8. The molecule has 0 spiro atoms. The Kier molecular flexibility index (Phi) is 6.91. The van der Waals surface area contributed by atoms with E-state index in [4.69, 9.17) is 14.6 Å². The van der Waals surface area contributed by atoms with Gasteiger partial charge in [0.05, 0.1) is 6.61 Å². The summed E-state index contributed by atoms with van der Waals surface area (Å²) in [6.07, 6.45) is 1.28. The second kappa shape index (κ2) is 8.27. The van der Waals surface area contributed by atoms with Crippen molar-refractivity contribution >= 4 is 6.03 Å². The molecule has 2 N–H and O–H groups in total. The minimum absolute atomic E-state index is 0.0586. The summed E-state index contributed by atoms with van der Waals surface area (Å²) in [5, 5.41) is 11.3. The van der Waals surface area contributed by atoms with Crippen LogP contribution in [0.2, 0.25) is 0 Å². The lowest BCUT2D eigenvalue weighted by Crippen LogP contribution is -2.38. The molecule has 0 aromatic rings. The van der Waals surface area contributed by atoms with Crippen molar-refractivity contribution in [3.8, 4) is 0 Å². The van der Waals surface area contributed by atoms with E-state index < -0.39 is 0 Å². The van der Waals surface area contributed by atoms with Gasteiger partial charge in [0.15, 0.2) is 0 Å². The maximum atomic E-state index is 11.3. The fourth-order valence-corrected chi connectivity index (χ4v) is 1.61. The summed E-state index contributed by atoms with van der Waals surface area (Å²) in [6, 6.07) is -0.0586. The summed E-state index contributed by atoms with van der Waals surface area (Å²) in [5.41, 5.74) is 0. The van der Waals surface area contributed by atoms with Gasteiger partial charge < -0.3 is 19.9 Å². The Hall–Kier alpha value is -0.850. The van der Waals surface area contributed by atoms with Crippen LogP contribution in [-0.4, -0.2) is 61.8 Å². The molecule has 0 aliphatic carbocycles. The van der Waals surface area contributed by atoms with Crippen LogP contribution >= 0.6 is 0 Å². The van der Waals surface area contributed by atoms with Gasteiger partial charge in [-0.15, -0.1) is 0 Å². The number of nitrogens with zero attached hydrogens (tertiary/aromatic N) is 1. The van der Waals surface area contributed by atoms with Crippen LogP contribution in [0.5, 0.6) is 0 Å². The molecule has 1 heterocycles. The Labute approximate surface area is 102 Å². The second-order valence-corrected chi connectivity index (χ2v) is 3.94. The van der Waals surface area contributed by atoms with Gasteiger partial charge in [0, 0.05) is 32.9 Å². The van der Waals surface area contributed by atoms with Crippen LogP contribution in [0.3, 0.4) is 0 Å². The van der Waals surface area contributed by atoms with E-state index in [1.165, 1.54) is 0 Å². The van der Waals surface area contributed by atoms with E-state index in [9.17, 15) is 4.79 Å². The van der Waals surface area contributed by atoms with Gasteiger partial charge in [-0.1, -0.05) is 0 Å². The van der Waals surface area contributed by atoms with Crippen LogP contribution in [0.25, 0.3) is 0 Å². The van der Waals surface area contributed by atoms with Gasteiger partial charge >= 0.3 is 6.03 Å². The van der Waals surface area contributed by atoms with Crippen LogP contribution in [0.1, 0.15) is 19.8 Å². The van der Waals surface area contributed by atoms with Crippen molar-refractivity contribution in [2.45, 2.75) is 26.0 Å². The number of carbonyl (C=O) groups excluding carboxylic acids is 1.